The van der Waals surface area contributed by atoms with Crippen molar-refractivity contribution in [3.63, 3.8) is 0 Å². The number of amides is 2. The maximum Gasteiger partial charge on any atom is 0.239 e. The molecule has 2 aromatic rings. The number of carbonyl (C=O) groups excluding carboxylic acids is 3. The van der Waals surface area contributed by atoms with Crippen molar-refractivity contribution < 1.29 is 14.4 Å². The molecule has 0 aliphatic rings. The number of hydrogen-bond acceptors (Lipinski definition) is 4. The molecule has 26 heavy (non-hydrogen) atoms. The number of benzene rings is 2. The zero-order chi connectivity index (χ0) is 19.1. The van der Waals surface area contributed by atoms with Crippen molar-refractivity contribution in [1.29, 1.82) is 0 Å². The summed E-state index contributed by atoms with van der Waals surface area (Å²) in [5.74, 6) is -1.01. The van der Waals surface area contributed by atoms with E-state index in [1.165, 1.54) is 13.1 Å². The van der Waals surface area contributed by atoms with E-state index in [0.29, 0.717) is 26.9 Å². The molecule has 0 unspecified atom stereocenters. The average Bonchev–Trinajstić information content (AvgIpc) is 2.64. The van der Waals surface area contributed by atoms with E-state index >= 15 is 0 Å². The SMILES string of the molecule is CNC(=O)CNC(=O)CNc1ccc(Cl)cc1C(=O)c1ccccc1Cl. The third-order valence-electron chi connectivity index (χ3n) is 3.51. The Morgan fingerprint density at radius 1 is 0.923 bits per heavy atom. The second kappa shape index (κ2) is 9.22. The minimum atomic E-state index is -0.389. The van der Waals surface area contributed by atoms with Gasteiger partial charge in [-0.05, 0) is 30.3 Å². The molecule has 0 atom stereocenters. The van der Waals surface area contributed by atoms with Crippen LogP contribution in [-0.2, 0) is 9.59 Å². The van der Waals surface area contributed by atoms with Gasteiger partial charge in [0, 0.05) is 28.9 Å². The van der Waals surface area contributed by atoms with Gasteiger partial charge in [-0.15, -0.1) is 0 Å². The third-order valence-corrected chi connectivity index (χ3v) is 4.07. The summed E-state index contributed by atoms with van der Waals surface area (Å²) in [5.41, 5.74) is 1.07. The second-order valence-electron chi connectivity index (χ2n) is 5.30. The predicted octanol–water partition coefficient (Wildman–Crippen LogP) is 2.50. The van der Waals surface area contributed by atoms with Crippen molar-refractivity contribution in [1.82, 2.24) is 10.6 Å². The second-order valence-corrected chi connectivity index (χ2v) is 6.15. The molecule has 136 valence electrons. The van der Waals surface area contributed by atoms with Crippen molar-refractivity contribution >= 4 is 46.5 Å². The molecular formula is C18H17Cl2N3O3. The molecule has 2 rings (SSSR count). The Kier molecular flexibility index (Phi) is 7.00. The van der Waals surface area contributed by atoms with Gasteiger partial charge in [0.25, 0.3) is 0 Å². The Bertz CT molecular complexity index is 840. The van der Waals surface area contributed by atoms with Gasteiger partial charge in [0.2, 0.25) is 11.8 Å². The van der Waals surface area contributed by atoms with Gasteiger partial charge in [-0.2, -0.15) is 0 Å². The van der Waals surface area contributed by atoms with Crippen molar-refractivity contribution in [3.8, 4) is 0 Å². The first kappa shape index (κ1) is 19.8. The smallest absolute Gasteiger partial charge is 0.239 e. The molecule has 3 N–H and O–H groups in total. The summed E-state index contributed by atoms with van der Waals surface area (Å²) in [4.78, 5) is 35.8. The van der Waals surface area contributed by atoms with E-state index in [0.717, 1.165) is 0 Å². The summed E-state index contributed by atoms with van der Waals surface area (Å²) in [5, 5.41) is 8.46. The van der Waals surface area contributed by atoms with E-state index in [2.05, 4.69) is 16.0 Å². The first-order valence-electron chi connectivity index (χ1n) is 7.72. The number of likely N-dealkylation sites (N-methyl/N-ethyl adjacent to an activating group) is 1. The highest BCUT2D eigenvalue weighted by Crippen LogP contribution is 2.26. The van der Waals surface area contributed by atoms with Gasteiger partial charge >= 0.3 is 0 Å². The summed E-state index contributed by atoms with van der Waals surface area (Å²) in [6.45, 7) is -0.232. The van der Waals surface area contributed by atoms with Crippen LogP contribution in [0.3, 0.4) is 0 Å². The quantitative estimate of drug-likeness (QED) is 0.630. The highest BCUT2D eigenvalue weighted by Gasteiger charge is 2.17. The van der Waals surface area contributed by atoms with Crippen LogP contribution in [0.5, 0.6) is 0 Å². The van der Waals surface area contributed by atoms with Crippen molar-refractivity contribution in [3.05, 3.63) is 63.6 Å². The molecule has 0 radical (unpaired) electrons. The molecule has 0 aliphatic heterocycles. The molecule has 0 saturated carbocycles. The van der Waals surface area contributed by atoms with Crippen LogP contribution in [-0.4, -0.2) is 37.7 Å². The Labute approximate surface area is 160 Å². The van der Waals surface area contributed by atoms with Gasteiger partial charge in [-0.25, -0.2) is 0 Å². The Balaban J connectivity index is 2.15. The van der Waals surface area contributed by atoms with Crippen LogP contribution in [0.4, 0.5) is 5.69 Å². The molecule has 0 fully saturated rings. The van der Waals surface area contributed by atoms with E-state index in [-0.39, 0.29) is 30.7 Å². The zero-order valence-corrected chi connectivity index (χ0v) is 15.4. The first-order chi connectivity index (χ1) is 12.4. The predicted molar refractivity (Wildman–Crippen MR) is 102 cm³/mol. The first-order valence-corrected chi connectivity index (χ1v) is 8.48. The summed E-state index contributed by atoms with van der Waals surface area (Å²) >= 11 is 12.1. The molecule has 0 saturated heterocycles. The number of hydrogen-bond donors (Lipinski definition) is 3. The lowest BCUT2D eigenvalue weighted by molar-refractivity contribution is -0.124. The summed E-state index contributed by atoms with van der Waals surface area (Å²) < 4.78 is 0. The summed E-state index contributed by atoms with van der Waals surface area (Å²) in [6, 6.07) is 11.4. The van der Waals surface area contributed by atoms with Crippen molar-refractivity contribution in [2.45, 2.75) is 0 Å². The topological polar surface area (TPSA) is 87.3 Å². The summed E-state index contributed by atoms with van der Waals surface area (Å²) in [6.07, 6.45) is 0. The Hall–Kier alpha value is -2.57. The van der Waals surface area contributed by atoms with Gasteiger partial charge in [0.1, 0.15) is 0 Å². The van der Waals surface area contributed by atoms with Crippen molar-refractivity contribution in [2.75, 3.05) is 25.5 Å². The van der Waals surface area contributed by atoms with E-state index in [1.807, 2.05) is 0 Å². The number of ketones is 1. The third kappa shape index (κ3) is 5.21. The molecular weight excluding hydrogens is 377 g/mol. The fraction of sp³-hybridized carbons (Fsp3) is 0.167. The zero-order valence-electron chi connectivity index (χ0n) is 13.9. The van der Waals surface area contributed by atoms with Crippen LogP contribution in [0, 0.1) is 0 Å². The fourth-order valence-corrected chi connectivity index (χ4v) is 2.55. The number of carbonyl (C=O) groups is 3. The van der Waals surface area contributed by atoms with Crippen LogP contribution in [0.25, 0.3) is 0 Å². The molecule has 2 aromatic carbocycles. The number of halogens is 2. The molecule has 6 nitrogen and oxygen atoms in total. The van der Waals surface area contributed by atoms with Gasteiger partial charge in [0.15, 0.2) is 5.78 Å². The lowest BCUT2D eigenvalue weighted by Crippen LogP contribution is -2.38. The van der Waals surface area contributed by atoms with Crippen molar-refractivity contribution in [2.24, 2.45) is 0 Å². The van der Waals surface area contributed by atoms with E-state index in [1.54, 1.807) is 36.4 Å². The van der Waals surface area contributed by atoms with Crippen LogP contribution in [0.15, 0.2) is 42.5 Å². The molecule has 0 aliphatic carbocycles. The van der Waals surface area contributed by atoms with E-state index < -0.39 is 0 Å². The Morgan fingerprint density at radius 2 is 1.65 bits per heavy atom. The maximum atomic E-state index is 12.8. The molecule has 0 spiro atoms. The minimum absolute atomic E-state index is 0.110. The van der Waals surface area contributed by atoms with Gasteiger partial charge in [-0.3, -0.25) is 14.4 Å². The molecule has 8 heteroatoms. The highest BCUT2D eigenvalue weighted by atomic mass is 35.5. The lowest BCUT2D eigenvalue weighted by atomic mass is 10.0. The fourth-order valence-electron chi connectivity index (χ4n) is 2.15. The standard InChI is InChI=1S/C18H17Cl2N3O3/c1-21-16(24)9-23-17(25)10-22-15-7-6-11(19)8-13(15)18(26)12-4-2-3-5-14(12)20/h2-8,22H,9-10H2,1H3,(H,21,24)(H,23,25). The lowest BCUT2D eigenvalue weighted by Gasteiger charge is -2.13. The van der Waals surface area contributed by atoms with Crippen LogP contribution in [0.1, 0.15) is 15.9 Å². The van der Waals surface area contributed by atoms with Gasteiger partial charge in [-0.1, -0.05) is 35.3 Å². The minimum Gasteiger partial charge on any atom is -0.376 e. The molecule has 0 aromatic heterocycles. The van der Waals surface area contributed by atoms with E-state index in [9.17, 15) is 14.4 Å². The molecule has 2 amide bonds. The van der Waals surface area contributed by atoms with E-state index in [4.69, 9.17) is 23.2 Å². The maximum absolute atomic E-state index is 12.8. The van der Waals surface area contributed by atoms with Gasteiger partial charge < -0.3 is 16.0 Å². The van der Waals surface area contributed by atoms with Gasteiger partial charge in [0.05, 0.1) is 18.1 Å². The largest absolute Gasteiger partial charge is 0.376 e. The number of anilines is 1. The molecule has 0 heterocycles. The number of nitrogens with one attached hydrogen (secondary N) is 3. The summed E-state index contributed by atoms with van der Waals surface area (Å²) in [7, 11) is 1.48. The number of rotatable bonds is 7. The monoisotopic (exact) mass is 393 g/mol. The van der Waals surface area contributed by atoms with Crippen LogP contribution >= 0.6 is 23.2 Å². The Morgan fingerprint density at radius 3 is 2.35 bits per heavy atom. The van der Waals surface area contributed by atoms with Crippen LogP contribution in [0.2, 0.25) is 10.0 Å². The van der Waals surface area contributed by atoms with Crippen LogP contribution < -0.4 is 16.0 Å². The highest BCUT2D eigenvalue weighted by molar-refractivity contribution is 6.35. The average molecular weight is 394 g/mol. The normalized spacial score (nSPS) is 10.1. The molecule has 0 bridgehead atoms.